The van der Waals surface area contributed by atoms with E-state index < -0.39 is 0 Å². The van der Waals surface area contributed by atoms with Crippen LogP contribution in [0.25, 0.3) is 0 Å². The largest absolute Gasteiger partial charge is 0.480 e. The summed E-state index contributed by atoms with van der Waals surface area (Å²) < 4.78 is 24.0. The summed E-state index contributed by atoms with van der Waals surface area (Å²) in [6, 6.07) is 29.4. The van der Waals surface area contributed by atoms with Gasteiger partial charge in [0.15, 0.2) is 49.4 Å². The Hall–Kier alpha value is -6.04. The molecule has 0 aromatic heterocycles. The highest BCUT2D eigenvalue weighted by molar-refractivity contribution is 5.80. The van der Waals surface area contributed by atoms with E-state index in [-0.39, 0.29) is 50.1 Å². The number of ether oxygens (including phenoxy) is 4. The number of rotatable bonds is 4. The number of hydrogen-bond donors (Lipinski definition) is 0. The average molecular weight is 765 g/mol. The average Bonchev–Trinajstić information content (AvgIpc) is 3.23. The van der Waals surface area contributed by atoms with Crippen molar-refractivity contribution in [2.45, 2.75) is 53.9 Å². The zero-order valence-corrected chi connectivity index (χ0v) is 32.8. The van der Waals surface area contributed by atoms with Gasteiger partial charge in [0, 0.05) is 52.4 Å². The Bertz CT molecular complexity index is 1680. The SMILES string of the molecule is CCN1Cc2ccccc2CN(CC)C(=O)COc2ccccc2OCC(=O)N(CC)Cc2ccccc2CN(CC)C(=O)COc2ccccc2OCC1=O. The number of carbonyl (C=O) groups excluding carboxylic acids is 4. The number of carbonyl (C=O) groups is 4. The fraction of sp³-hybridized carbons (Fsp3) is 0.364. The minimum absolute atomic E-state index is 0.224. The van der Waals surface area contributed by atoms with Crippen LogP contribution in [0.3, 0.4) is 0 Å². The first kappa shape index (κ1) is 41.1. The normalized spacial score (nSPS) is 15.8. The van der Waals surface area contributed by atoms with Crippen LogP contribution in [0.1, 0.15) is 49.9 Å². The van der Waals surface area contributed by atoms with E-state index in [9.17, 15) is 19.2 Å². The quantitative estimate of drug-likeness (QED) is 0.260. The molecule has 56 heavy (non-hydrogen) atoms. The summed E-state index contributed by atoms with van der Waals surface area (Å²) >= 11 is 0. The topological polar surface area (TPSA) is 118 Å². The van der Waals surface area contributed by atoms with Crippen LogP contribution in [0.5, 0.6) is 23.0 Å². The van der Waals surface area contributed by atoms with E-state index in [2.05, 4.69) is 0 Å². The van der Waals surface area contributed by atoms with Gasteiger partial charge in [-0.1, -0.05) is 72.8 Å². The van der Waals surface area contributed by atoms with E-state index in [0.717, 1.165) is 22.3 Å². The second-order valence-corrected chi connectivity index (χ2v) is 13.2. The Balaban J connectivity index is 1.42. The third-order valence-electron chi connectivity index (χ3n) is 9.72. The molecule has 0 spiro atoms. The Morgan fingerprint density at radius 3 is 0.750 bits per heavy atom. The molecule has 0 saturated heterocycles. The molecular weight excluding hydrogens is 713 g/mol. The molecule has 1 aliphatic rings. The van der Waals surface area contributed by atoms with Crippen molar-refractivity contribution >= 4 is 23.6 Å². The molecular formula is C44H52N4O8. The van der Waals surface area contributed by atoms with Gasteiger partial charge in [0.1, 0.15) is 0 Å². The van der Waals surface area contributed by atoms with Crippen LogP contribution < -0.4 is 18.9 Å². The van der Waals surface area contributed by atoms with E-state index in [1.165, 1.54) is 0 Å². The van der Waals surface area contributed by atoms with E-state index in [1.54, 1.807) is 68.1 Å². The van der Waals surface area contributed by atoms with Crippen molar-refractivity contribution < 1.29 is 38.1 Å². The molecule has 4 amide bonds. The second-order valence-electron chi connectivity index (χ2n) is 13.2. The summed E-state index contributed by atoms with van der Waals surface area (Å²) in [5.74, 6) is 0.500. The van der Waals surface area contributed by atoms with Crippen LogP contribution in [-0.2, 0) is 45.4 Å². The fourth-order valence-electron chi connectivity index (χ4n) is 6.36. The first-order valence-electron chi connectivity index (χ1n) is 19.2. The number of para-hydroxylation sites is 4. The number of nitrogens with zero attached hydrogens (tertiary/aromatic N) is 4. The number of hydrogen-bond acceptors (Lipinski definition) is 8. The predicted octanol–water partition coefficient (Wildman–Crippen LogP) is 5.71. The van der Waals surface area contributed by atoms with Crippen molar-refractivity contribution in [3.63, 3.8) is 0 Å². The molecule has 0 aliphatic carbocycles. The van der Waals surface area contributed by atoms with Crippen LogP contribution in [0.2, 0.25) is 0 Å². The maximum absolute atomic E-state index is 13.5. The highest BCUT2D eigenvalue weighted by Crippen LogP contribution is 2.28. The summed E-state index contributed by atoms with van der Waals surface area (Å²) in [6.45, 7) is 9.70. The molecule has 0 unspecified atom stereocenters. The first-order chi connectivity index (χ1) is 27.2. The molecule has 12 heteroatoms. The van der Waals surface area contributed by atoms with Gasteiger partial charge in [0.2, 0.25) is 0 Å². The molecule has 0 atom stereocenters. The van der Waals surface area contributed by atoms with Gasteiger partial charge in [0.05, 0.1) is 0 Å². The lowest BCUT2D eigenvalue weighted by atomic mass is 10.1. The minimum atomic E-state index is -0.235. The molecule has 0 fully saturated rings. The van der Waals surface area contributed by atoms with Gasteiger partial charge in [-0.15, -0.1) is 0 Å². The van der Waals surface area contributed by atoms with Crippen molar-refractivity contribution in [1.82, 2.24) is 19.6 Å². The lowest BCUT2D eigenvalue weighted by Gasteiger charge is -2.26. The molecule has 0 bridgehead atoms. The van der Waals surface area contributed by atoms with Crippen molar-refractivity contribution in [1.29, 1.82) is 0 Å². The van der Waals surface area contributed by atoms with E-state index in [1.807, 2.05) is 76.2 Å². The van der Waals surface area contributed by atoms with Gasteiger partial charge < -0.3 is 38.5 Å². The maximum Gasteiger partial charge on any atom is 0.260 e. The van der Waals surface area contributed by atoms with Crippen LogP contribution >= 0.6 is 0 Å². The lowest BCUT2D eigenvalue weighted by molar-refractivity contribution is -0.135. The van der Waals surface area contributed by atoms with Crippen LogP contribution in [0, 0.1) is 0 Å². The molecule has 5 rings (SSSR count). The highest BCUT2D eigenvalue weighted by atomic mass is 16.5. The summed E-state index contributed by atoms with van der Waals surface area (Å²) in [5, 5.41) is 0. The van der Waals surface area contributed by atoms with Gasteiger partial charge in [-0.25, -0.2) is 0 Å². The van der Waals surface area contributed by atoms with E-state index in [0.29, 0.717) is 75.4 Å². The number of likely N-dealkylation sites (N-methyl/N-ethyl adjacent to an activating group) is 4. The molecule has 1 heterocycles. The maximum atomic E-state index is 13.5. The molecule has 12 nitrogen and oxygen atoms in total. The van der Waals surface area contributed by atoms with Gasteiger partial charge >= 0.3 is 0 Å². The van der Waals surface area contributed by atoms with Crippen molar-refractivity contribution in [3.05, 3.63) is 119 Å². The molecule has 4 aromatic carbocycles. The summed E-state index contributed by atoms with van der Waals surface area (Å²) in [5.41, 5.74) is 3.60. The van der Waals surface area contributed by atoms with Crippen molar-refractivity contribution in [2.24, 2.45) is 0 Å². The van der Waals surface area contributed by atoms with Crippen molar-refractivity contribution in [2.75, 3.05) is 52.6 Å². The molecule has 0 radical (unpaired) electrons. The summed E-state index contributed by atoms with van der Waals surface area (Å²) in [6.07, 6.45) is 0. The zero-order chi connectivity index (χ0) is 39.9. The Labute approximate surface area is 329 Å². The van der Waals surface area contributed by atoms with Gasteiger partial charge in [-0.2, -0.15) is 0 Å². The third kappa shape index (κ3) is 11.0. The van der Waals surface area contributed by atoms with Crippen LogP contribution in [0.15, 0.2) is 97.1 Å². The van der Waals surface area contributed by atoms with Crippen molar-refractivity contribution in [3.8, 4) is 23.0 Å². The molecule has 0 N–H and O–H groups in total. The third-order valence-corrected chi connectivity index (χ3v) is 9.72. The monoisotopic (exact) mass is 764 g/mol. The molecule has 1 aliphatic heterocycles. The van der Waals surface area contributed by atoms with Gasteiger partial charge in [-0.05, 0) is 74.2 Å². The first-order valence-corrected chi connectivity index (χ1v) is 19.2. The number of fused-ring (bicyclic) bond motifs is 4. The number of benzene rings is 4. The molecule has 296 valence electrons. The lowest BCUT2D eigenvalue weighted by Crippen LogP contribution is -2.37. The Morgan fingerprint density at radius 2 is 0.554 bits per heavy atom. The highest BCUT2D eigenvalue weighted by Gasteiger charge is 2.22. The van der Waals surface area contributed by atoms with Gasteiger partial charge in [0.25, 0.3) is 23.6 Å². The second kappa shape index (κ2) is 20.6. The molecule has 0 saturated carbocycles. The molecule has 4 aromatic rings. The summed E-state index contributed by atoms with van der Waals surface area (Å²) in [4.78, 5) is 60.9. The van der Waals surface area contributed by atoms with E-state index >= 15 is 0 Å². The van der Waals surface area contributed by atoms with Crippen LogP contribution in [-0.4, -0.2) is 95.8 Å². The Kier molecular flexibility index (Phi) is 15.1. The predicted molar refractivity (Wildman–Crippen MR) is 212 cm³/mol. The van der Waals surface area contributed by atoms with Crippen LogP contribution in [0.4, 0.5) is 0 Å². The fourth-order valence-corrected chi connectivity index (χ4v) is 6.36. The minimum Gasteiger partial charge on any atom is -0.480 e. The zero-order valence-electron chi connectivity index (χ0n) is 32.8. The van der Waals surface area contributed by atoms with Gasteiger partial charge in [-0.3, -0.25) is 19.2 Å². The Morgan fingerprint density at radius 1 is 0.357 bits per heavy atom. The smallest absolute Gasteiger partial charge is 0.260 e. The van der Waals surface area contributed by atoms with E-state index in [4.69, 9.17) is 18.9 Å². The summed E-state index contributed by atoms with van der Waals surface area (Å²) in [7, 11) is 0. The standard InChI is InChI=1S/C44H52N4O8/c1-5-45-25-33-17-9-10-18-34(33)26-46(6-2)42(50)30-55-39-23-15-16-24-40(39)56-32-44(52)48(8-4)28-36-20-12-11-19-35(36)27-47(7-3)43(51)31-54-38-22-14-13-21-37(38)53-29-41(45)49/h9-24H,5-8,25-32H2,1-4H3. The number of amides is 4.